The van der Waals surface area contributed by atoms with Gasteiger partial charge in [0.2, 0.25) is 0 Å². The summed E-state index contributed by atoms with van der Waals surface area (Å²) in [6.45, 7) is 10.0. The number of rotatable bonds is 2. The van der Waals surface area contributed by atoms with Crippen LogP contribution in [0.3, 0.4) is 0 Å². The molecule has 3 heteroatoms. The molecule has 0 aliphatic carbocycles. The second-order valence-electron chi connectivity index (χ2n) is 2.18. The molecule has 0 amide bonds. The zero-order valence-corrected chi connectivity index (χ0v) is 10.5. The minimum atomic E-state index is 0. The van der Waals surface area contributed by atoms with E-state index in [-0.39, 0.29) is 17.0 Å². The van der Waals surface area contributed by atoms with E-state index in [4.69, 9.17) is 4.74 Å². The summed E-state index contributed by atoms with van der Waals surface area (Å²) in [7, 11) is 0. The molecule has 0 rings (SSSR count). The van der Waals surface area contributed by atoms with Crippen LogP contribution in [0, 0.1) is 0 Å². The fraction of sp³-hybridized carbons (Fsp3) is 1.00. The average molecular weight is 221 g/mol. The minimum Gasteiger partial charge on any atom is -1.00 e. The Kier molecular flexibility index (Phi) is 28.9. The Hall–Kier alpha value is 1.21. The van der Waals surface area contributed by atoms with Gasteiger partial charge in [0, 0.05) is 13.2 Å². The van der Waals surface area contributed by atoms with Crippen molar-refractivity contribution >= 4 is 21.7 Å². The number of hydrogen-bond acceptors (Lipinski definition) is 1. The van der Waals surface area contributed by atoms with E-state index in [0.29, 0.717) is 0 Å². The molecule has 0 fully saturated rings. The van der Waals surface area contributed by atoms with Crippen LogP contribution in [0.25, 0.3) is 0 Å². The smallest absolute Gasteiger partial charge is 1.00 e. The van der Waals surface area contributed by atoms with Crippen molar-refractivity contribution in [1.29, 1.82) is 0 Å². The predicted molar refractivity (Wildman–Crippen MR) is 43.0 cm³/mol. The predicted octanol–water partition coefficient (Wildman–Crippen LogP) is -0.970. The third-order valence-electron chi connectivity index (χ3n) is 0.408. The maximum absolute atomic E-state index is 4.83. The summed E-state index contributed by atoms with van der Waals surface area (Å²) in [6, 6.07) is 0. The first-order valence-electron chi connectivity index (χ1n) is 3.55. The van der Waals surface area contributed by atoms with Crippen molar-refractivity contribution in [3.05, 3.63) is 0 Å². The average Bonchev–Trinajstić information content (AvgIpc) is 1.66. The molecule has 0 spiro atoms. The van der Waals surface area contributed by atoms with Gasteiger partial charge in [-0.1, -0.05) is 0 Å². The van der Waals surface area contributed by atoms with Gasteiger partial charge in [0.15, 0.2) is 0 Å². The molecule has 0 radical (unpaired) electrons. The number of hydrogen-bond donors (Lipinski definition) is 0. The van der Waals surface area contributed by atoms with Crippen molar-refractivity contribution in [2.24, 2.45) is 0 Å². The first-order valence-corrected chi connectivity index (χ1v) is 4.37. The molecule has 0 N–H and O–H groups in total. The minimum absolute atomic E-state index is 0. The summed E-state index contributed by atoms with van der Waals surface area (Å²) < 4.78 is 5.69. The summed E-state index contributed by atoms with van der Waals surface area (Å²) in [5, 5.41) is 0. The van der Waals surface area contributed by atoms with Crippen LogP contribution in [0.5, 0.6) is 0 Å². The first kappa shape index (κ1) is 17.3. The van der Waals surface area contributed by atoms with Gasteiger partial charge in [-0.15, -0.1) is 0 Å². The van der Waals surface area contributed by atoms with Crippen molar-refractivity contribution in [3.8, 4) is 0 Å². The molecule has 0 aliphatic heterocycles. The molecule has 0 heterocycles. The molecule has 0 aromatic rings. The molecule has 0 saturated carbocycles. The van der Waals surface area contributed by atoms with E-state index in [1.165, 1.54) is 0 Å². The van der Waals surface area contributed by atoms with Crippen LogP contribution in [0.4, 0.5) is 0 Å². The fourth-order valence-electron chi connectivity index (χ4n) is 0.204. The maximum atomic E-state index is 4.83. The maximum Gasteiger partial charge on any atom is -1.00 e. The molecule has 0 aliphatic rings. The second kappa shape index (κ2) is 16.7. The summed E-state index contributed by atoms with van der Waals surface area (Å²) >= 11 is 2.00. The zero-order valence-electron chi connectivity index (χ0n) is 7.48. The Balaban J connectivity index is -0.0000000910. The van der Waals surface area contributed by atoms with Crippen molar-refractivity contribution in [1.82, 2.24) is 0 Å². The monoisotopic (exact) mass is 220 g/mol. The third-order valence-corrected chi connectivity index (χ3v) is 0.408. The van der Waals surface area contributed by atoms with Gasteiger partial charge in [0.25, 0.3) is 0 Å². The molecule has 0 saturated heterocycles. The van der Waals surface area contributed by atoms with Gasteiger partial charge in [-0.3, -0.25) is 0 Å². The van der Waals surface area contributed by atoms with Crippen molar-refractivity contribution < 1.29 is 21.7 Å². The van der Waals surface area contributed by atoms with E-state index in [9.17, 15) is 0 Å². The van der Waals surface area contributed by atoms with Crippen molar-refractivity contribution in [2.45, 2.75) is 31.7 Å². The third kappa shape index (κ3) is 60.3. The molecule has 0 atom stereocenters. The van der Waals surface area contributed by atoms with Crippen LogP contribution in [0.2, 0.25) is 4.05 Å². The number of ether oxygens (including phenoxy) is 1. The molecular formula is C7H17BrMgO. The van der Waals surface area contributed by atoms with Crippen LogP contribution in [-0.2, 0) is 4.74 Å². The summed E-state index contributed by atoms with van der Waals surface area (Å²) in [5.41, 5.74) is 0. The Labute approximate surface area is 88.1 Å². The van der Waals surface area contributed by atoms with Gasteiger partial charge in [-0.2, -0.15) is 0 Å². The molecule has 0 aromatic heterocycles. The standard InChI is InChI=1S/C4H10O.C3H7.BrH.Mg/c1-3-5-4-2;1-3-2;;/h3-4H2,1-2H3;3H,1-2H3;1H;/q;;;+1/p-1. The van der Waals surface area contributed by atoms with Gasteiger partial charge < -0.3 is 21.7 Å². The van der Waals surface area contributed by atoms with Crippen molar-refractivity contribution in [3.63, 3.8) is 0 Å². The van der Waals surface area contributed by atoms with Crippen LogP contribution in [0.15, 0.2) is 0 Å². The SMILES string of the molecule is CCOCC.C[CH](C)[Mg+].[Br-]. The first-order chi connectivity index (χ1) is 4.15. The molecule has 1 nitrogen and oxygen atoms in total. The normalized spacial score (nSPS) is 7.90. The van der Waals surface area contributed by atoms with E-state index < -0.39 is 0 Å². The fourth-order valence-corrected chi connectivity index (χ4v) is 0.204. The second-order valence-corrected chi connectivity index (χ2v) is 3.81. The largest absolute Gasteiger partial charge is 1.00 e. The van der Waals surface area contributed by atoms with Crippen LogP contribution < -0.4 is 17.0 Å². The molecule has 10 heavy (non-hydrogen) atoms. The van der Waals surface area contributed by atoms with Gasteiger partial charge in [0.1, 0.15) is 0 Å². The van der Waals surface area contributed by atoms with Gasteiger partial charge in [-0.25, -0.2) is 0 Å². The van der Waals surface area contributed by atoms with E-state index in [0.717, 1.165) is 17.3 Å². The van der Waals surface area contributed by atoms with E-state index in [2.05, 4.69) is 13.8 Å². The Morgan fingerprint density at radius 1 is 1.20 bits per heavy atom. The van der Waals surface area contributed by atoms with Crippen LogP contribution in [-0.4, -0.2) is 34.9 Å². The van der Waals surface area contributed by atoms with Crippen LogP contribution >= 0.6 is 0 Å². The van der Waals surface area contributed by atoms with Gasteiger partial charge in [0.05, 0.1) is 0 Å². The molecule has 0 bridgehead atoms. The summed E-state index contributed by atoms with van der Waals surface area (Å²) in [5.74, 6) is 0. The molecular weight excluding hydrogens is 204 g/mol. The molecule has 0 unspecified atom stereocenters. The zero-order chi connectivity index (χ0) is 7.70. The quantitative estimate of drug-likeness (QED) is 0.545. The Morgan fingerprint density at radius 2 is 1.40 bits per heavy atom. The van der Waals surface area contributed by atoms with E-state index in [1.807, 2.05) is 35.6 Å². The number of halogens is 1. The molecule has 0 aromatic carbocycles. The van der Waals surface area contributed by atoms with E-state index >= 15 is 0 Å². The summed E-state index contributed by atoms with van der Waals surface area (Å²) in [6.07, 6.45) is 0. The summed E-state index contributed by atoms with van der Waals surface area (Å²) in [4.78, 5) is 0. The van der Waals surface area contributed by atoms with Gasteiger partial charge in [-0.05, 0) is 13.8 Å². The Bertz CT molecular complexity index is 37.8. The molecule has 60 valence electrons. The van der Waals surface area contributed by atoms with Crippen molar-refractivity contribution in [2.75, 3.05) is 13.2 Å². The van der Waals surface area contributed by atoms with Gasteiger partial charge >= 0.3 is 39.6 Å². The van der Waals surface area contributed by atoms with Crippen LogP contribution in [0.1, 0.15) is 27.7 Å². The van der Waals surface area contributed by atoms with E-state index in [1.54, 1.807) is 0 Å². The topological polar surface area (TPSA) is 9.23 Å². The Morgan fingerprint density at radius 3 is 1.40 bits per heavy atom.